The molecule has 2 aromatic carbocycles. The molecule has 0 radical (unpaired) electrons. The van der Waals surface area contributed by atoms with Gasteiger partial charge in [-0.1, -0.05) is 41.4 Å². The number of aromatic nitrogens is 1. The minimum Gasteiger partial charge on any atom is -0.345 e. The van der Waals surface area contributed by atoms with Gasteiger partial charge in [-0.05, 0) is 40.2 Å². The summed E-state index contributed by atoms with van der Waals surface area (Å²) in [4.78, 5) is 7.11. The van der Waals surface area contributed by atoms with E-state index in [0.717, 1.165) is 16.4 Å². The Balaban J connectivity index is 1.47. The summed E-state index contributed by atoms with van der Waals surface area (Å²) in [6.45, 7) is 1.98. The van der Waals surface area contributed by atoms with Gasteiger partial charge in [0.1, 0.15) is 0 Å². The minimum absolute atomic E-state index is 0.296. The monoisotopic (exact) mass is 531 g/mol. The van der Waals surface area contributed by atoms with Crippen LogP contribution in [-0.4, -0.2) is 43.9 Å². The van der Waals surface area contributed by atoms with Gasteiger partial charge in [-0.15, -0.1) is 11.3 Å². The molecule has 1 aliphatic rings. The highest BCUT2D eigenvalue weighted by atomic mass is 79.9. The van der Waals surface area contributed by atoms with E-state index in [-0.39, 0.29) is 0 Å². The summed E-state index contributed by atoms with van der Waals surface area (Å²) in [5, 5.41) is 3.83. The summed E-state index contributed by atoms with van der Waals surface area (Å²) in [5.41, 5.74) is 1.73. The van der Waals surface area contributed by atoms with Crippen LogP contribution in [0.3, 0.4) is 0 Å². The lowest BCUT2D eigenvalue weighted by Crippen LogP contribution is -2.48. The van der Waals surface area contributed by atoms with Crippen molar-refractivity contribution in [3.8, 4) is 11.3 Å². The second-order valence-electron chi connectivity index (χ2n) is 6.47. The molecule has 0 spiro atoms. The Kier molecular flexibility index (Phi) is 6.20. The Morgan fingerprint density at radius 2 is 1.72 bits per heavy atom. The van der Waals surface area contributed by atoms with Gasteiger partial charge in [-0.3, -0.25) is 0 Å². The maximum Gasteiger partial charge on any atom is 0.244 e. The molecule has 152 valence electrons. The van der Waals surface area contributed by atoms with Crippen molar-refractivity contribution in [3.63, 3.8) is 0 Å². The van der Waals surface area contributed by atoms with Crippen molar-refractivity contribution in [1.82, 2.24) is 9.29 Å². The van der Waals surface area contributed by atoms with Gasteiger partial charge in [0.05, 0.1) is 20.6 Å². The van der Waals surface area contributed by atoms with Crippen molar-refractivity contribution >= 4 is 65.6 Å². The van der Waals surface area contributed by atoms with E-state index in [2.05, 4.69) is 20.8 Å². The molecule has 5 nitrogen and oxygen atoms in total. The lowest BCUT2D eigenvalue weighted by Gasteiger charge is -2.33. The third kappa shape index (κ3) is 4.33. The molecule has 0 aliphatic carbocycles. The standard InChI is InChI=1S/C19H16BrCl2N3O2S2/c20-14-3-1-2-4-18(14)29(26,27)25-9-7-24(8-10-25)19-23-17(12-28-19)13-5-6-15(21)16(22)11-13/h1-6,11-12H,7-10H2. The van der Waals surface area contributed by atoms with E-state index in [1.54, 1.807) is 36.4 Å². The largest absolute Gasteiger partial charge is 0.345 e. The molecule has 4 rings (SSSR count). The van der Waals surface area contributed by atoms with Crippen LogP contribution in [0.4, 0.5) is 5.13 Å². The first-order valence-electron chi connectivity index (χ1n) is 8.77. The number of sulfonamides is 1. The van der Waals surface area contributed by atoms with Crippen LogP contribution in [0.1, 0.15) is 0 Å². The predicted molar refractivity (Wildman–Crippen MR) is 123 cm³/mol. The Hall–Kier alpha value is -1.16. The number of hydrogen-bond acceptors (Lipinski definition) is 5. The van der Waals surface area contributed by atoms with E-state index < -0.39 is 10.0 Å². The molecule has 2 heterocycles. The first-order valence-corrected chi connectivity index (χ1v) is 12.6. The molecule has 3 aromatic rings. The molecule has 10 heteroatoms. The van der Waals surface area contributed by atoms with E-state index in [1.165, 1.54) is 15.6 Å². The van der Waals surface area contributed by atoms with Crippen molar-refractivity contribution < 1.29 is 8.42 Å². The van der Waals surface area contributed by atoms with E-state index in [1.807, 2.05) is 11.4 Å². The van der Waals surface area contributed by atoms with Crippen LogP contribution in [0.5, 0.6) is 0 Å². The lowest BCUT2D eigenvalue weighted by molar-refractivity contribution is 0.384. The molecule has 0 atom stereocenters. The van der Waals surface area contributed by atoms with Gasteiger partial charge in [0.25, 0.3) is 0 Å². The molecule has 1 fully saturated rings. The van der Waals surface area contributed by atoms with E-state index in [4.69, 9.17) is 28.2 Å². The molecule has 1 saturated heterocycles. The van der Waals surface area contributed by atoms with Crippen LogP contribution in [0.25, 0.3) is 11.3 Å². The highest BCUT2D eigenvalue weighted by molar-refractivity contribution is 9.10. The van der Waals surface area contributed by atoms with Crippen molar-refractivity contribution in [2.24, 2.45) is 0 Å². The summed E-state index contributed by atoms with van der Waals surface area (Å²) >= 11 is 17.0. The third-order valence-corrected chi connectivity index (χ3v) is 9.22. The number of thiazole rings is 1. The summed E-state index contributed by atoms with van der Waals surface area (Å²) in [6, 6.07) is 12.3. The molecular formula is C19H16BrCl2N3O2S2. The third-order valence-electron chi connectivity index (χ3n) is 4.67. The van der Waals surface area contributed by atoms with Gasteiger partial charge in [-0.2, -0.15) is 4.31 Å². The Bertz CT molecular complexity index is 1150. The smallest absolute Gasteiger partial charge is 0.244 e. The van der Waals surface area contributed by atoms with Crippen molar-refractivity contribution in [2.45, 2.75) is 4.90 Å². The maximum absolute atomic E-state index is 12.9. The van der Waals surface area contributed by atoms with Crippen molar-refractivity contribution in [3.05, 3.63) is 62.4 Å². The number of anilines is 1. The Morgan fingerprint density at radius 1 is 1.00 bits per heavy atom. The molecular weight excluding hydrogens is 517 g/mol. The van der Waals surface area contributed by atoms with Crippen LogP contribution >= 0.6 is 50.5 Å². The zero-order valence-corrected chi connectivity index (χ0v) is 19.8. The predicted octanol–water partition coefficient (Wildman–Crippen LogP) is 5.39. The minimum atomic E-state index is -3.53. The molecule has 0 saturated carbocycles. The highest BCUT2D eigenvalue weighted by Gasteiger charge is 2.30. The summed E-state index contributed by atoms with van der Waals surface area (Å²) in [7, 11) is -3.53. The number of rotatable bonds is 4. The van der Waals surface area contributed by atoms with Crippen molar-refractivity contribution in [1.29, 1.82) is 0 Å². The molecule has 0 unspecified atom stereocenters. The van der Waals surface area contributed by atoms with Crippen molar-refractivity contribution in [2.75, 3.05) is 31.1 Å². The fourth-order valence-electron chi connectivity index (χ4n) is 3.11. The molecule has 0 bridgehead atoms. The van der Waals surface area contributed by atoms with E-state index in [0.29, 0.717) is 45.6 Å². The Labute approximate surface area is 192 Å². The SMILES string of the molecule is O=S(=O)(c1ccccc1Br)N1CCN(c2nc(-c3ccc(Cl)c(Cl)c3)cs2)CC1. The van der Waals surface area contributed by atoms with E-state index in [9.17, 15) is 8.42 Å². The number of piperazine rings is 1. The van der Waals surface area contributed by atoms with E-state index >= 15 is 0 Å². The first-order chi connectivity index (χ1) is 13.9. The van der Waals surface area contributed by atoms with Gasteiger partial charge < -0.3 is 4.90 Å². The van der Waals surface area contributed by atoms with Gasteiger partial charge >= 0.3 is 0 Å². The van der Waals surface area contributed by atoms with Crippen LogP contribution in [0.2, 0.25) is 10.0 Å². The number of hydrogen-bond donors (Lipinski definition) is 0. The highest BCUT2D eigenvalue weighted by Crippen LogP contribution is 2.32. The fraction of sp³-hybridized carbons (Fsp3) is 0.211. The average Bonchev–Trinajstić information content (AvgIpc) is 3.20. The fourth-order valence-corrected chi connectivity index (χ4v) is 6.68. The zero-order chi connectivity index (χ0) is 20.6. The molecule has 1 aromatic heterocycles. The normalized spacial score (nSPS) is 15.6. The van der Waals surface area contributed by atoms with Gasteiger partial charge in [-0.25, -0.2) is 13.4 Å². The first kappa shape index (κ1) is 21.1. The summed E-state index contributed by atoms with van der Waals surface area (Å²) in [6.07, 6.45) is 0. The van der Waals surface area contributed by atoms with Crippen LogP contribution in [0.15, 0.2) is 57.2 Å². The maximum atomic E-state index is 12.9. The number of nitrogens with zero attached hydrogens (tertiary/aromatic N) is 3. The summed E-state index contributed by atoms with van der Waals surface area (Å²) in [5.74, 6) is 0. The second-order valence-corrected chi connectivity index (χ2v) is 10.9. The van der Waals surface area contributed by atoms with Gasteiger partial charge in [0.2, 0.25) is 10.0 Å². The Morgan fingerprint density at radius 3 is 2.41 bits per heavy atom. The average molecular weight is 533 g/mol. The molecule has 29 heavy (non-hydrogen) atoms. The second kappa shape index (κ2) is 8.53. The van der Waals surface area contributed by atoms with Gasteiger partial charge in [0.15, 0.2) is 5.13 Å². The number of halogens is 3. The molecule has 0 N–H and O–H groups in total. The quantitative estimate of drug-likeness (QED) is 0.452. The molecule has 0 amide bonds. The number of benzene rings is 2. The van der Waals surface area contributed by atoms with Gasteiger partial charge in [0, 0.05) is 41.6 Å². The van der Waals surface area contributed by atoms with Crippen LogP contribution in [-0.2, 0) is 10.0 Å². The topological polar surface area (TPSA) is 53.5 Å². The zero-order valence-electron chi connectivity index (χ0n) is 15.1. The molecule has 1 aliphatic heterocycles. The van der Waals surface area contributed by atoms with Crippen LogP contribution < -0.4 is 4.90 Å². The summed E-state index contributed by atoms with van der Waals surface area (Å²) < 4.78 is 28.0. The van der Waals surface area contributed by atoms with Crippen LogP contribution in [0, 0.1) is 0 Å². The lowest BCUT2D eigenvalue weighted by atomic mass is 10.2.